The van der Waals surface area contributed by atoms with Gasteiger partial charge >= 0.3 is 5.97 Å². The molecule has 2 aliphatic rings. The molecule has 146 valence electrons. The lowest BCUT2D eigenvalue weighted by molar-refractivity contribution is 0.0695. The molecule has 0 amide bonds. The molecule has 0 spiro atoms. The molecule has 2 heterocycles. The maximum Gasteiger partial charge on any atom is 0.341 e. The van der Waals surface area contributed by atoms with Crippen LogP contribution in [0.5, 0.6) is 0 Å². The fourth-order valence-corrected chi connectivity index (χ4v) is 4.14. The Hall–Kier alpha value is -2.85. The van der Waals surface area contributed by atoms with Crippen molar-refractivity contribution < 1.29 is 14.3 Å². The average molecular weight is 383 g/mol. The second-order valence-electron chi connectivity index (χ2n) is 7.79. The van der Waals surface area contributed by atoms with E-state index in [1.807, 2.05) is 11.8 Å². The minimum atomic E-state index is -1.33. The first kappa shape index (κ1) is 18.5. The lowest BCUT2D eigenvalue weighted by Crippen LogP contribution is -2.30. The summed E-state index contributed by atoms with van der Waals surface area (Å²) in [6.45, 7) is 3.16. The molecule has 1 aromatic heterocycles. The summed E-state index contributed by atoms with van der Waals surface area (Å²) in [5.41, 5.74) is 5.99. The van der Waals surface area contributed by atoms with Gasteiger partial charge in [0.1, 0.15) is 11.4 Å². The van der Waals surface area contributed by atoms with Crippen LogP contribution in [-0.2, 0) is 0 Å². The number of nitrogens with two attached hydrogens (primary N) is 1. The van der Waals surface area contributed by atoms with Gasteiger partial charge in [-0.15, -0.1) is 6.42 Å². The number of aromatic nitrogens is 1. The van der Waals surface area contributed by atoms with E-state index >= 15 is 4.39 Å². The Labute approximate surface area is 161 Å². The first-order valence-corrected chi connectivity index (χ1v) is 9.45. The zero-order chi connectivity index (χ0) is 20.2. The summed E-state index contributed by atoms with van der Waals surface area (Å²) in [7, 11) is 0. The topological polar surface area (TPSA) is 88.6 Å². The normalized spacial score (nSPS) is 20.4. The van der Waals surface area contributed by atoms with E-state index in [-0.39, 0.29) is 29.0 Å². The van der Waals surface area contributed by atoms with Crippen molar-refractivity contribution in [3.63, 3.8) is 0 Å². The van der Waals surface area contributed by atoms with E-state index in [2.05, 4.69) is 5.92 Å². The number of fused-ring (bicyclic) bond motifs is 1. The van der Waals surface area contributed by atoms with E-state index in [0.717, 1.165) is 25.3 Å². The van der Waals surface area contributed by atoms with Crippen LogP contribution in [0.25, 0.3) is 10.9 Å². The van der Waals surface area contributed by atoms with Crippen LogP contribution < -0.4 is 16.1 Å². The maximum absolute atomic E-state index is 15.1. The lowest BCUT2D eigenvalue weighted by atomic mass is 10.0. The van der Waals surface area contributed by atoms with E-state index in [4.69, 9.17) is 12.2 Å². The Bertz CT molecular complexity index is 1080. The van der Waals surface area contributed by atoms with E-state index in [0.29, 0.717) is 29.9 Å². The van der Waals surface area contributed by atoms with Gasteiger partial charge in [-0.25, -0.2) is 9.18 Å². The van der Waals surface area contributed by atoms with Crippen LogP contribution in [0.4, 0.5) is 10.1 Å². The molecule has 2 fully saturated rings. The minimum absolute atomic E-state index is 0.00873. The van der Waals surface area contributed by atoms with Crippen LogP contribution in [-0.4, -0.2) is 34.8 Å². The largest absolute Gasteiger partial charge is 0.477 e. The van der Waals surface area contributed by atoms with E-state index in [9.17, 15) is 14.7 Å². The number of carboxylic acids is 1. The monoisotopic (exact) mass is 383 g/mol. The highest BCUT2D eigenvalue weighted by Crippen LogP contribution is 2.40. The third-order valence-electron chi connectivity index (χ3n) is 5.84. The number of carboxylic acid groups (broad SMARTS) is 1. The van der Waals surface area contributed by atoms with Crippen LogP contribution >= 0.6 is 0 Å². The highest BCUT2D eigenvalue weighted by molar-refractivity contribution is 5.96. The molecule has 3 N–H and O–H groups in total. The number of hydrogen-bond donors (Lipinski definition) is 2. The van der Waals surface area contributed by atoms with Crippen LogP contribution in [0.3, 0.4) is 0 Å². The van der Waals surface area contributed by atoms with Crippen molar-refractivity contribution in [2.24, 2.45) is 11.7 Å². The predicted octanol–water partition coefficient (Wildman–Crippen LogP) is 2.33. The number of nitrogens with zero attached hydrogens (tertiary/aromatic N) is 2. The molecule has 2 aromatic rings. The molecule has 0 bridgehead atoms. The maximum atomic E-state index is 15.1. The van der Waals surface area contributed by atoms with E-state index in [1.165, 1.54) is 6.20 Å². The third kappa shape index (κ3) is 2.85. The molecule has 1 aromatic carbocycles. The molecular weight excluding hydrogens is 361 g/mol. The van der Waals surface area contributed by atoms with Crippen LogP contribution in [0.15, 0.2) is 17.1 Å². The number of rotatable bonds is 4. The fraction of sp³-hybridized carbons (Fsp3) is 0.429. The Morgan fingerprint density at radius 3 is 2.68 bits per heavy atom. The number of carbonyl (C=O) groups is 1. The molecular formula is C21H22FN3O3. The van der Waals surface area contributed by atoms with Crippen molar-refractivity contribution in [3.8, 4) is 12.3 Å². The Morgan fingerprint density at radius 2 is 2.14 bits per heavy atom. The molecule has 1 saturated heterocycles. The summed E-state index contributed by atoms with van der Waals surface area (Å²) in [6, 6.07) is 1.20. The summed E-state index contributed by atoms with van der Waals surface area (Å²) in [6.07, 6.45) is 9.70. The van der Waals surface area contributed by atoms with Gasteiger partial charge in [-0.1, -0.05) is 5.92 Å². The fourth-order valence-electron chi connectivity index (χ4n) is 4.14. The highest BCUT2D eigenvalue weighted by Gasteiger charge is 2.32. The highest BCUT2D eigenvalue weighted by atomic mass is 19.1. The van der Waals surface area contributed by atoms with E-state index < -0.39 is 17.2 Å². The zero-order valence-electron chi connectivity index (χ0n) is 15.6. The quantitative estimate of drug-likeness (QED) is 0.791. The molecule has 1 aliphatic carbocycles. The molecule has 7 heteroatoms. The molecule has 1 aliphatic heterocycles. The Kier molecular flexibility index (Phi) is 4.39. The number of benzene rings is 1. The smallest absolute Gasteiger partial charge is 0.341 e. The Balaban J connectivity index is 1.99. The van der Waals surface area contributed by atoms with Crippen LogP contribution in [0, 0.1) is 24.1 Å². The third-order valence-corrected chi connectivity index (χ3v) is 5.84. The van der Waals surface area contributed by atoms with Gasteiger partial charge in [0, 0.05) is 31.4 Å². The van der Waals surface area contributed by atoms with Crippen molar-refractivity contribution in [1.82, 2.24) is 4.57 Å². The summed E-state index contributed by atoms with van der Waals surface area (Å²) in [5, 5.41) is 9.41. The van der Waals surface area contributed by atoms with Crippen molar-refractivity contribution in [1.29, 1.82) is 0 Å². The lowest BCUT2D eigenvalue weighted by Gasteiger charge is -2.24. The Morgan fingerprint density at radius 1 is 1.43 bits per heavy atom. The van der Waals surface area contributed by atoms with Crippen molar-refractivity contribution in [2.75, 3.05) is 18.0 Å². The minimum Gasteiger partial charge on any atom is -0.477 e. The number of hydrogen-bond acceptors (Lipinski definition) is 4. The molecule has 6 nitrogen and oxygen atoms in total. The van der Waals surface area contributed by atoms with Gasteiger partial charge in [-0.3, -0.25) is 4.79 Å². The van der Waals surface area contributed by atoms with Gasteiger partial charge in [0.15, 0.2) is 0 Å². The number of halogens is 1. The summed E-state index contributed by atoms with van der Waals surface area (Å²) in [5.74, 6) is 0.886. The van der Waals surface area contributed by atoms with Gasteiger partial charge in [0.25, 0.3) is 0 Å². The van der Waals surface area contributed by atoms with Gasteiger partial charge in [-0.05, 0) is 38.2 Å². The number of terminal acetylenes is 1. The van der Waals surface area contributed by atoms with Gasteiger partial charge in [0.05, 0.1) is 22.2 Å². The zero-order valence-corrected chi connectivity index (χ0v) is 15.6. The van der Waals surface area contributed by atoms with Crippen molar-refractivity contribution in [2.45, 2.75) is 38.3 Å². The second kappa shape index (κ2) is 6.64. The van der Waals surface area contributed by atoms with Crippen molar-refractivity contribution >= 4 is 22.6 Å². The summed E-state index contributed by atoms with van der Waals surface area (Å²) in [4.78, 5) is 26.1. The van der Waals surface area contributed by atoms with Crippen molar-refractivity contribution in [3.05, 3.63) is 39.4 Å². The van der Waals surface area contributed by atoms with Gasteiger partial charge < -0.3 is 20.3 Å². The molecule has 4 rings (SSSR count). The molecule has 2 unspecified atom stereocenters. The molecule has 2 atom stereocenters. The second-order valence-corrected chi connectivity index (χ2v) is 7.79. The van der Waals surface area contributed by atoms with E-state index in [1.54, 1.807) is 4.57 Å². The van der Waals surface area contributed by atoms with Gasteiger partial charge in [0.2, 0.25) is 5.43 Å². The van der Waals surface area contributed by atoms with Crippen LogP contribution in [0.1, 0.15) is 48.1 Å². The number of aromatic carboxylic acids is 1. The SMILES string of the molecule is C#Cc1c(N2CCC(C(C)N)C2)c(F)cc2c(=O)c(C(=O)O)cn(C3CC3)c12. The summed E-state index contributed by atoms with van der Waals surface area (Å²) < 4.78 is 16.9. The number of anilines is 1. The molecule has 1 saturated carbocycles. The van der Waals surface area contributed by atoms with Crippen LogP contribution in [0.2, 0.25) is 0 Å². The standard InChI is InChI=1S/C21H22FN3O3/c1-3-14-18-15(20(26)16(21(27)28)10-25(18)13-4-5-13)8-17(22)19(14)24-7-6-12(9-24)11(2)23/h1,8,10-13H,4-7,9,23H2,2H3,(H,27,28). The average Bonchev–Trinajstić information content (AvgIpc) is 3.37. The predicted molar refractivity (Wildman–Crippen MR) is 105 cm³/mol. The molecule has 28 heavy (non-hydrogen) atoms. The summed E-state index contributed by atoms with van der Waals surface area (Å²) >= 11 is 0. The first-order chi connectivity index (χ1) is 13.3. The molecule has 0 radical (unpaired) electrons. The first-order valence-electron chi connectivity index (χ1n) is 9.45. The number of pyridine rings is 1. The van der Waals surface area contributed by atoms with Gasteiger partial charge in [-0.2, -0.15) is 0 Å².